The third kappa shape index (κ3) is 3.48. The molecule has 4 nitrogen and oxygen atoms in total. The zero-order valence-corrected chi connectivity index (χ0v) is 13.2. The molecule has 0 fully saturated rings. The van der Waals surface area contributed by atoms with Gasteiger partial charge in [-0.05, 0) is 35.9 Å². The lowest BCUT2D eigenvalue weighted by atomic mass is 10.1. The third-order valence-electron chi connectivity index (χ3n) is 3.49. The number of halogens is 1. The molecule has 0 saturated carbocycles. The van der Waals surface area contributed by atoms with Gasteiger partial charge in [0, 0.05) is 11.4 Å². The summed E-state index contributed by atoms with van der Waals surface area (Å²) in [5, 5.41) is 3.49. The van der Waals surface area contributed by atoms with Gasteiger partial charge in [-0.3, -0.25) is 4.79 Å². The van der Waals surface area contributed by atoms with Crippen molar-refractivity contribution < 1.29 is 14.3 Å². The summed E-state index contributed by atoms with van der Waals surface area (Å²) in [4.78, 5) is 12.4. The van der Waals surface area contributed by atoms with Crippen LogP contribution >= 0.6 is 11.6 Å². The molecule has 0 bridgehead atoms. The summed E-state index contributed by atoms with van der Waals surface area (Å²) in [6.07, 6.45) is 1.58. The van der Waals surface area contributed by atoms with Crippen LogP contribution < -0.4 is 14.8 Å². The van der Waals surface area contributed by atoms with Crippen LogP contribution in [0, 0.1) is 0 Å². The second kappa shape index (κ2) is 6.75. The van der Waals surface area contributed by atoms with Gasteiger partial charge >= 0.3 is 0 Å². The molecule has 0 aromatic heterocycles. The number of benzene rings is 2. The smallest absolute Gasteiger partial charge is 0.265 e. The fourth-order valence-electron chi connectivity index (χ4n) is 2.42. The second-order valence-corrected chi connectivity index (χ2v) is 5.58. The summed E-state index contributed by atoms with van der Waals surface area (Å²) in [5.74, 6) is 1.08. The normalized spacial score (nSPS) is 15.4. The Bertz CT molecular complexity index is 745. The fourth-order valence-corrected chi connectivity index (χ4v) is 2.62. The molecule has 1 heterocycles. The Kier molecular flexibility index (Phi) is 4.53. The fraction of sp³-hybridized carbons (Fsp3) is 0.167. The lowest BCUT2D eigenvalue weighted by Gasteiger charge is -2.14. The highest BCUT2D eigenvalue weighted by molar-refractivity contribution is 6.30. The van der Waals surface area contributed by atoms with Crippen LogP contribution in [0.15, 0.2) is 55.1 Å². The summed E-state index contributed by atoms with van der Waals surface area (Å²) in [6.45, 7) is 3.99. The molecule has 2 aromatic carbocycles. The molecule has 0 saturated heterocycles. The molecule has 118 valence electrons. The summed E-state index contributed by atoms with van der Waals surface area (Å²) < 4.78 is 11.2. The van der Waals surface area contributed by atoms with Crippen LogP contribution in [0.4, 0.5) is 5.69 Å². The number of rotatable bonds is 5. The van der Waals surface area contributed by atoms with E-state index in [1.807, 2.05) is 18.2 Å². The Labute approximate surface area is 139 Å². The van der Waals surface area contributed by atoms with Crippen LogP contribution in [0.1, 0.15) is 5.56 Å². The SMILES string of the molecule is C=CCOc1ccccc1NC(=O)C1Cc2cc(Cl)ccc2O1. The maximum absolute atomic E-state index is 12.4. The van der Waals surface area contributed by atoms with E-state index in [-0.39, 0.29) is 5.91 Å². The molecule has 2 aromatic rings. The summed E-state index contributed by atoms with van der Waals surface area (Å²) >= 11 is 5.97. The summed E-state index contributed by atoms with van der Waals surface area (Å²) in [5.41, 5.74) is 1.55. The van der Waals surface area contributed by atoms with Crippen molar-refractivity contribution in [2.75, 3.05) is 11.9 Å². The van der Waals surface area contributed by atoms with Crippen LogP contribution in [-0.4, -0.2) is 18.6 Å². The molecule has 1 aliphatic heterocycles. The van der Waals surface area contributed by atoms with Crippen LogP contribution in [0.2, 0.25) is 5.02 Å². The Balaban J connectivity index is 1.70. The largest absolute Gasteiger partial charge is 0.487 e. The molecule has 23 heavy (non-hydrogen) atoms. The van der Waals surface area contributed by atoms with E-state index >= 15 is 0 Å². The van der Waals surface area contributed by atoms with Gasteiger partial charge in [0.15, 0.2) is 6.10 Å². The van der Waals surface area contributed by atoms with E-state index in [1.54, 1.807) is 30.3 Å². The average Bonchev–Trinajstić information content (AvgIpc) is 2.97. The number of amides is 1. The zero-order valence-electron chi connectivity index (χ0n) is 12.4. The maximum Gasteiger partial charge on any atom is 0.265 e. The molecule has 1 unspecified atom stereocenters. The molecular weight excluding hydrogens is 314 g/mol. The summed E-state index contributed by atoms with van der Waals surface area (Å²) in [7, 11) is 0. The van der Waals surface area contributed by atoms with E-state index in [9.17, 15) is 4.79 Å². The molecule has 1 N–H and O–H groups in total. The van der Waals surface area contributed by atoms with Gasteiger partial charge in [0.05, 0.1) is 5.69 Å². The van der Waals surface area contributed by atoms with Gasteiger partial charge in [-0.2, -0.15) is 0 Å². The molecule has 1 aliphatic rings. The monoisotopic (exact) mass is 329 g/mol. The molecule has 0 spiro atoms. The van der Waals surface area contributed by atoms with Gasteiger partial charge in [0.2, 0.25) is 0 Å². The predicted octanol–water partition coefficient (Wildman–Crippen LogP) is 3.85. The van der Waals surface area contributed by atoms with E-state index in [0.29, 0.717) is 35.2 Å². The summed E-state index contributed by atoms with van der Waals surface area (Å²) in [6, 6.07) is 12.6. The first-order chi connectivity index (χ1) is 11.2. The van der Waals surface area contributed by atoms with Gasteiger partial charge < -0.3 is 14.8 Å². The highest BCUT2D eigenvalue weighted by atomic mass is 35.5. The quantitative estimate of drug-likeness (QED) is 0.848. The van der Waals surface area contributed by atoms with E-state index in [2.05, 4.69) is 11.9 Å². The number of para-hydroxylation sites is 2. The number of nitrogens with one attached hydrogen (secondary N) is 1. The van der Waals surface area contributed by atoms with Crippen molar-refractivity contribution in [3.8, 4) is 11.5 Å². The number of anilines is 1. The van der Waals surface area contributed by atoms with Crippen LogP contribution in [0.3, 0.4) is 0 Å². The highest BCUT2D eigenvalue weighted by Crippen LogP contribution is 2.32. The molecule has 0 radical (unpaired) electrons. The van der Waals surface area contributed by atoms with Gasteiger partial charge in [0.1, 0.15) is 18.1 Å². The number of fused-ring (bicyclic) bond motifs is 1. The maximum atomic E-state index is 12.4. The molecule has 5 heteroatoms. The number of carbonyl (C=O) groups excluding carboxylic acids is 1. The lowest BCUT2D eigenvalue weighted by molar-refractivity contribution is -0.122. The van der Waals surface area contributed by atoms with Crippen molar-refractivity contribution in [2.24, 2.45) is 0 Å². The predicted molar refractivity (Wildman–Crippen MR) is 90.3 cm³/mol. The van der Waals surface area contributed by atoms with Gasteiger partial charge in [-0.25, -0.2) is 0 Å². The second-order valence-electron chi connectivity index (χ2n) is 5.15. The zero-order chi connectivity index (χ0) is 16.2. The van der Waals surface area contributed by atoms with Crippen molar-refractivity contribution in [3.63, 3.8) is 0 Å². The van der Waals surface area contributed by atoms with E-state index in [1.165, 1.54) is 0 Å². The minimum absolute atomic E-state index is 0.216. The Hall–Kier alpha value is -2.46. The molecular formula is C18H16ClNO3. The Morgan fingerprint density at radius 3 is 3.04 bits per heavy atom. The minimum atomic E-state index is -0.573. The third-order valence-corrected chi connectivity index (χ3v) is 3.73. The van der Waals surface area contributed by atoms with E-state index < -0.39 is 6.10 Å². The first kappa shape index (κ1) is 15.4. The van der Waals surface area contributed by atoms with Crippen molar-refractivity contribution in [3.05, 3.63) is 65.7 Å². The first-order valence-corrected chi connectivity index (χ1v) is 7.64. The Morgan fingerprint density at radius 2 is 2.22 bits per heavy atom. The van der Waals surface area contributed by atoms with E-state index in [4.69, 9.17) is 21.1 Å². The number of hydrogen-bond acceptors (Lipinski definition) is 3. The van der Waals surface area contributed by atoms with Gasteiger partial charge in [0.25, 0.3) is 5.91 Å². The van der Waals surface area contributed by atoms with Crippen molar-refractivity contribution >= 4 is 23.2 Å². The molecule has 1 amide bonds. The number of carbonyl (C=O) groups is 1. The average molecular weight is 330 g/mol. The standard InChI is InChI=1S/C18H16ClNO3/c1-2-9-22-16-6-4-3-5-14(16)20-18(21)17-11-12-10-13(19)7-8-15(12)23-17/h2-8,10,17H,1,9,11H2,(H,20,21). The molecule has 3 rings (SSSR count). The van der Waals surface area contributed by atoms with Gasteiger partial charge in [-0.15, -0.1) is 0 Å². The topological polar surface area (TPSA) is 47.6 Å². The Morgan fingerprint density at radius 1 is 1.39 bits per heavy atom. The molecule has 1 atom stereocenters. The van der Waals surface area contributed by atoms with Crippen LogP contribution in [0.25, 0.3) is 0 Å². The lowest BCUT2D eigenvalue weighted by Crippen LogP contribution is -2.31. The van der Waals surface area contributed by atoms with Crippen molar-refractivity contribution in [2.45, 2.75) is 12.5 Å². The van der Waals surface area contributed by atoms with Crippen molar-refractivity contribution in [1.82, 2.24) is 0 Å². The van der Waals surface area contributed by atoms with E-state index in [0.717, 1.165) is 5.56 Å². The van der Waals surface area contributed by atoms with Crippen LogP contribution in [0.5, 0.6) is 11.5 Å². The highest BCUT2D eigenvalue weighted by Gasteiger charge is 2.29. The van der Waals surface area contributed by atoms with Crippen molar-refractivity contribution in [1.29, 1.82) is 0 Å². The van der Waals surface area contributed by atoms with Gasteiger partial charge in [-0.1, -0.05) is 36.4 Å². The number of ether oxygens (including phenoxy) is 2. The minimum Gasteiger partial charge on any atom is -0.487 e. The number of hydrogen-bond donors (Lipinski definition) is 1. The molecule has 0 aliphatic carbocycles. The first-order valence-electron chi connectivity index (χ1n) is 7.26. The van der Waals surface area contributed by atoms with Crippen LogP contribution in [-0.2, 0) is 11.2 Å².